The van der Waals surface area contributed by atoms with E-state index in [0.717, 1.165) is 12.8 Å². The van der Waals surface area contributed by atoms with Gasteiger partial charge in [0.05, 0.1) is 11.4 Å². The Bertz CT molecular complexity index is 696. The van der Waals surface area contributed by atoms with Crippen molar-refractivity contribution in [2.75, 3.05) is 6.54 Å². The predicted molar refractivity (Wildman–Crippen MR) is 85.4 cm³/mol. The van der Waals surface area contributed by atoms with Crippen molar-refractivity contribution in [2.24, 2.45) is 0 Å². The van der Waals surface area contributed by atoms with Crippen LogP contribution in [0.5, 0.6) is 0 Å². The summed E-state index contributed by atoms with van der Waals surface area (Å²) >= 11 is 0. The number of amides is 2. The van der Waals surface area contributed by atoms with Gasteiger partial charge >= 0.3 is 0 Å². The Morgan fingerprint density at radius 1 is 1.26 bits per heavy atom. The number of hydrogen-bond acceptors (Lipinski definition) is 4. The van der Waals surface area contributed by atoms with Gasteiger partial charge < -0.3 is 10.6 Å². The largest absolute Gasteiger partial charge is 0.352 e. The molecule has 8 heteroatoms. The van der Waals surface area contributed by atoms with Crippen LogP contribution in [0.4, 0.5) is 0 Å². The van der Waals surface area contributed by atoms with E-state index in [1.165, 1.54) is 24.3 Å². The first-order valence-electron chi connectivity index (χ1n) is 7.48. The van der Waals surface area contributed by atoms with Gasteiger partial charge in [0.15, 0.2) is 0 Å². The van der Waals surface area contributed by atoms with Crippen molar-refractivity contribution in [3.05, 3.63) is 29.8 Å². The monoisotopic (exact) mass is 339 g/mol. The molecule has 1 aromatic carbocycles. The number of nitrogens with one attached hydrogen (secondary N) is 3. The summed E-state index contributed by atoms with van der Waals surface area (Å²) in [6.45, 7) is 3.48. The second-order valence-electron chi connectivity index (χ2n) is 5.83. The van der Waals surface area contributed by atoms with Crippen molar-refractivity contribution in [2.45, 2.75) is 43.7 Å². The van der Waals surface area contributed by atoms with Gasteiger partial charge in [-0.3, -0.25) is 9.59 Å². The standard InChI is InChI=1S/C15H21N3O4S/c1-10(2)17-14(19)9-16-15(20)11-4-3-5-13(8-11)23(21,22)18-12-6-7-12/h3-5,8,10,12,18H,6-7,9H2,1-2H3,(H,16,20)(H,17,19). The highest BCUT2D eigenvalue weighted by Crippen LogP contribution is 2.22. The van der Waals surface area contributed by atoms with Crippen LogP contribution in [0.1, 0.15) is 37.0 Å². The van der Waals surface area contributed by atoms with E-state index in [1.54, 1.807) is 0 Å². The zero-order valence-electron chi connectivity index (χ0n) is 13.1. The van der Waals surface area contributed by atoms with Crippen LogP contribution in [0.3, 0.4) is 0 Å². The summed E-state index contributed by atoms with van der Waals surface area (Å²) in [5, 5.41) is 5.12. The first-order valence-corrected chi connectivity index (χ1v) is 8.96. The zero-order chi connectivity index (χ0) is 17.0. The van der Waals surface area contributed by atoms with E-state index in [0.29, 0.717) is 0 Å². The van der Waals surface area contributed by atoms with E-state index in [-0.39, 0.29) is 35.0 Å². The number of carbonyl (C=O) groups is 2. The molecule has 7 nitrogen and oxygen atoms in total. The van der Waals surface area contributed by atoms with Gasteiger partial charge in [-0.25, -0.2) is 13.1 Å². The summed E-state index contributed by atoms with van der Waals surface area (Å²) in [5.41, 5.74) is 0.195. The van der Waals surface area contributed by atoms with Crippen LogP contribution in [-0.2, 0) is 14.8 Å². The molecule has 0 radical (unpaired) electrons. The third-order valence-corrected chi connectivity index (χ3v) is 4.68. The molecule has 0 saturated heterocycles. The molecule has 1 fully saturated rings. The molecule has 0 heterocycles. The molecule has 0 aromatic heterocycles. The molecule has 0 unspecified atom stereocenters. The molecule has 0 bridgehead atoms. The molecule has 0 spiro atoms. The Morgan fingerprint density at radius 2 is 1.96 bits per heavy atom. The van der Waals surface area contributed by atoms with Crippen molar-refractivity contribution in [1.29, 1.82) is 0 Å². The maximum Gasteiger partial charge on any atom is 0.251 e. The Balaban J connectivity index is 2.01. The Hall–Kier alpha value is -1.93. The van der Waals surface area contributed by atoms with E-state index in [9.17, 15) is 18.0 Å². The van der Waals surface area contributed by atoms with E-state index in [2.05, 4.69) is 15.4 Å². The number of hydrogen-bond donors (Lipinski definition) is 3. The quantitative estimate of drug-likeness (QED) is 0.668. The molecule has 2 rings (SSSR count). The molecule has 1 aliphatic carbocycles. The minimum atomic E-state index is -3.61. The van der Waals surface area contributed by atoms with Crippen LogP contribution in [0.2, 0.25) is 0 Å². The minimum absolute atomic E-state index is 0.00258. The highest BCUT2D eigenvalue weighted by atomic mass is 32.2. The fourth-order valence-electron chi connectivity index (χ4n) is 1.93. The minimum Gasteiger partial charge on any atom is -0.352 e. The van der Waals surface area contributed by atoms with Crippen molar-refractivity contribution in [3.8, 4) is 0 Å². The van der Waals surface area contributed by atoms with Crippen LogP contribution >= 0.6 is 0 Å². The summed E-state index contributed by atoms with van der Waals surface area (Å²) in [4.78, 5) is 23.6. The Kier molecular flexibility index (Phi) is 5.38. The van der Waals surface area contributed by atoms with Gasteiger partial charge in [-0.1, -0.05) is 6.07 Å². The summed E-state index contributed by atoms with van der Waals surface area (Å²) < 4.78 is 26.8. The number of benzene rings is 1. The number of carbonyl (C=O) groups excluding carboxylic acids is 2. The second-order valence-corrected chi connectivity index (χ2v) is 7.54. The van der Waals surface area contributed by atoms with Crippen molar-refractivity contribution in [1.82, 2.24) is 15.4 Å². The molecule has 1 saturated carbocycles. The average molecular weight is 339 g/mol. The van der Waals surface area contributed by atoms with Gasteiger partial charge in [0.1, 0.15) is 0 Å². The molecule has 23 heavy (non-hydrogen) atoms. The van der Waals surface area contributed by atoms with Crippen molar-refractivity contribution in [3.63, 3.8) is 0 Å². The van der Waals surface area contributed by atoms with Crippen LogP contribution in [0, 0.1) is 0 Å². The third-order valence-electron chi connectivity index (χ3n) is 3.16. The predicted octanol–water partition coefficient (Wildman–Crippen LogP) is 0.382. The second kappa shape index (κ2) is 7.10. The summed E-state index contributed by atoms with van der Waals surface area (Å²) in [6, 6.07) is 5.74. The van der Waals surface area contributed by atoms with Crippen LogP contribution < -0.4 is 15.4 Å². The molecule has 126 valence electrons. The van der Waals surface area contributed by atoms with Gasteiger partial charge in [-0.05, 0) is 44.9 Å². The summed E-state index contributed by atoms with van der Waals surface area (Å²) in [6.07, 6.45) is 1.68. The lowest BCUT2D eigenvalue weighted by molar-refractivity contribution is -0.120. The molecule has 2 amide bonds. The molecule has 0 atom stereocenters. The lowest BCUT2D eigenvalue weighted by atomic mass is 10.2. The zero-order valence-corrected chi connectivity index (χ0v) is 13.9. The lowest BCUT2D eigenvalue weighted by Crippen LogP contribution is -2.39. The van der Waals surface area contributed by atoms with Gasteiger partial charge in [-0.2, -0.15) is 0 Å². The summed E-state index contributed by atoms with van der Waals surface area (Å²) in [7, 11) is -3.61. The van der Waals surface area contributed by atoms with E-state index >= 15 is 0 Å². The third kappa shape index (κ3) is 5.33. The lowest BCUT2D eigenvalue weighted by Gasteiger charge is -2.10. The first kappa shape index (κ1) is 17.4. The van der Waals surface area contributed by atoms with Crippen molar-refractivity contribution < 1.29 is 18.0 Å². The molecular formula is C15H21N3O4S. The van der Waals surface area contributed by atoms with Crippen LogP contribution in [0.25, 0.3) is 0 Å². The maximum atomic E-state index is 12.1. The Morgan fingerprint density at radius 3 is 2.57 bits per heavy atom. The summed E-state index contributed by atoms with van der Waals surface area (Å²) in [5.74, 6) is -0.792. The van der Waals surface area contributed by atoms with Gasteiger partial charge in [0.25, 0.3) is 5.91 Å². The number of sulfonamides is 1. The van der Waals surface area contributed by atoms with Gasteiger partial charge in [0.2, 0.25) is 15.9 Å². The van der Waals surface area contributed by atoms with E-state index in [4.69, 9.17) is 0 Å². The van der Waals surface area contributed by atoms with Gasteiger partial charge in [-0.15, -0.1) is 0 Å². The van der Waals surface area contributed by atoms with Crippen molar-refractivity contribution >= 4 is 21.8 Å². The first-order chi connectivity index (χ1) is 10.8. The van der Waals surface area contributed by atoms with Crippen LogP contribution in [0.15, 0.2) is 29.2 Å². The van der Waals surface area contributed by atoms with E-state index < -0.39 is 15.9 Å². The van der Waals surface area contributed by atoms with E-state index in [1.807, 2.05) is 13.8 Å². The topological polar surface area (TPSA) is 104 Å². The fourth-order valence-corrected chi connectivity index (χ4v) is 3.28. The average Bonchev–Trinajstić information content (AvgIpc) is 3.27. The molecular weight excluding hydrogens is 318 g/mol. The molecule has 1 aliphatic rings. The Labute approximate surface area is 135 Å². The fraction of sp³-hybridized carbons (Fsp3) is 0.467. The molecule has 0 aliphatic heterocycles. The normalized spacial score (nSPS) is 14.6. The maximum absolute atomic E-state index is 12.1. The molecule has 3 N–H and O–H groups in total. The SMILES string of the molecule is CC(C)NC(=O)CNC(=O)c1cccc(S(=O)(=O)NC2CC2)c1. The highest BCUT2D eigenvalue weighted by Gasteiger charge is 2.28. The highest BCUT2D eigenvalue weighted by molar-refractivity contribution is 7.89. The van der Waals surface area contributed by atoms with Crippen LogP contribution in [-0.4, -0.2) is 38.9 Å². The number of rotatable bonds is 7. The smallest absolute Gasteiger partial charge is 0.251 e. The molecule has 1 aromatic rings. The van der Waals surface area contributed by atoms with Gasteiger partial charge in [0, 0.05) is 17.6 Å².